The topological polar surface area (TPSA) is 46.3 Å². The molecule has 0 spiro atoms. The van der Waals surface area contributed by atoms with Crippen molar-refractivity contribution in [3.05, 3.63) is 35.4 Å². The van der Waals surface area contributed by atoms with Crippen molar-refractivity contribution in [1.82, 2.24) is 4.90 Å². The van der Waals surface area contributed by atoms with Crippen molar-refractivity contribution in [2.45, 2.75) is 32.7 Å². The Balaban J connectivity index is 2.29. The molecular formula is C15H22N2O. The van der Waals surface area contributed by atoms with E-state index in [1.807, 2.05) is 4.90 Å². The number of rotatable bonds is 2. The summed E-state index contributed by atoms with van der Waals surface area (Å²) in [6.45, 7) is 5.24. The zero-order valence-electron chi connectivity index (χ0n) is 11.2. The van der Waals surface area contributed by atoms with E-state index in [-0.39, 0.29) is 18.5 Å². The lowest BCUT2D eigenvalue weighted by Gasteiger charge is -2.40. The minimum Gasteiger partial charge on any atom is -0.334 e. The molecule has 2 rings (SSSR count). The number of aryl methyl sites for hydroxylation is 1. The first-order chi connectivity index (χ1) is 8.63. The Morgan fingerprint density at radius 2 is 2.06 bits per heavy atom. The highest BCUT2D eigenvalue weighted by Gasteiger charge is 2.32. The Hall–Kier alpha value is -1.35. The van der Waals surface area contributed by atoms with Gasteiger partial charge in [0.25, 0.3) is 0 Å². The van der Waals surface area contributed by atoms with E-state index in [1.165, 1.54) is 17.5 Å². The number of hydrogen-bond donors (Lipinski definition) is 1. The van der Waals surface area contributed by atoms with Crippen LogP contribution in [-0.2, 0) is 4.79 Å². The summed E-state index contributed by atoms with van der Waals surface area (Å²) in [6, 6.07) is 8.69. The quantitative estimate of drug-likeness (QED) is 0.870. The standard InChI is InChI=1S/C15H22N2O/c1-11-5-7-13(8-6-11)15-12(2)4-3-9-17(15)14(18)10-16/h5-8,12,15H,3-4,9-10,16H2,1-2H3/t12-,15-/m1/s1. The van der Waals surface area contributed by atoms with Crippen LogP contribution in [0.2, 0.25) is 0 Å². The highest BCUT2D eigenvalue weighted by Crippen LogP contribution is 2.35. The number of carbonyl (C=O) groups excluding carboxylic acids is 1. The van der Waals surface area contributed by atoms with E-state index >= 15 is 0 Å². The summed E-state index contributed by atoms with van der Waals surface area (Å²) in [5, 5.41) is 0. The summed E-state index contributed by atoms with van der Waals surface area (Å²) < 4.78 is 0. The third-order valence-electron chi connectivity index (χ3n) is 3.85. The summed E-state index contributed by atoms with van der Waals surface area (Å²) >= 11 is 0. The molecule has 0 aliphatic carbocycles. The molecule has 2 atom stereocenters. The Labute approximate surface area is 109 Å². The summed E-state index contributed by atoms with van der Waals surface area (Å²) in [4.78, 5) is 13.9. The minimum absolute atomic E-state index is 0.0622. The first-order valence-corrected chi connectivity index (χ1v) is 6.69. The number of nitrogens with zero attached hydrogens (tertiary/aromatic N) is 1. The summed E-state index contributed by atoms with van der Waals surface area (Å²) in [5.41, 5.74) is 8.00. The highest BCUT2D eigenvalue weighted by molar-refractivity contribution is 5.78. The van der Waals surface area contributed by atoms with Crippen molar-refractivity contribution < 1.29 is 4.79 Å². The number of hydrogen-bond acceptors (Lipinski definition) is 2. The van der Waals surface area contributed by atoms with E-state index in [2.05, 4.69) is 38.1 Å². The summed E-state index contributed by atoms with van der Waals surface area (Å²) in [5.74, 6) is 0.559. The number of benzene rings is 1. The number of nitrogens with two attached hydrogens (primary N) is 1. The molecule has 1 saturated heterocycles. The van der Waals surface area contributed by atoms with Crippen molar-refractivity contribution in [3.63, 3.8) is 0 Å². The molecule has 3 heteroatoms. The van der Waals surface area contributed by atoms with E-state index in [4.69, 9.17) is 5.73 Å². The van der Waals surface area contributed by atoms with Crippen molar-refractivity contribution in [2.24, 2.45) is 11.7 Å². The number of carbonyl (C=O) groups is 1. The molecule has 0 saturated carbocycles. The van der Waals surface area contributed by atoms with Gasteiger partial charge in [-0.25, -0.2) is 0 Å². The Morgan fingerprint density at radius 1 is 1.39 bits per heavy atom. The average Bonchev–Trinajstić information content (AvgIpc) is 2.39. The Bertz CT molecular complexity index is 413. The molecule has 1 heterocycles. The maximum Gasteiger partial charge on any atom is 0.236 e. The molecule has 98 valence electrons. The molecule has 1 fully saturated rings. The second-order valence-corrected chi connectivity index (χ2v) is 5.27. The van der Waals surface area contributed by atoms with Gasteiger partial charge in [0, 0.05) is 6.54 Å². The molecule has 1 aliphatic heterocycles. The molecule has 2 N–H and O–H groups in total. The lowest BCUT2D eigenvalue weighted by molar-refractivity contribution is -0.135. The Kier molecular flexibility index (Phi) is 4.02. The van der Waals surface area contributed by atoms with Gasteiger partial charge in [0.1, 0.15) is 0 Å². The van der Waals surface area contributed by atoms with Gasteiger partial charge in [0.2, 0.25) is 5.91 Å². The highest BCUT2D eigenvalue weighted by atomic mass is 16.2. The zero-order chi connectivity index (χ0) is 13.1. The van der Waals surface area contributed by atoms with Crippen LogP contribution in [0.1, 0.15) is 36.9 Å². The van der Waals surface area contributed by atoms with Gasteiger partial charge < -0.3 is 10.6 Å². The van der Waals surface area contributed by atoms with Gasteiger partial charge in [-0.1, -0.05) is 36.8 Å². The van der Waals surface area contributed by atoms with E-state index in [1.54, 1.807) is 0 Å². The molecule has 0 bridgehead atoms. The first-order valence-electron chi connectivity index (χ1n) is 6.69. The summed E-state index contributed by atoms with van der Waals surface area (Å²) in [6.07, 6.45) is 2.25. The smallest absolute Gasteiger partial charge is 0.236 e. The van der Waals surface area contributed by atoms with Crippen LogP contribution in [-0.4, -0.2) is 23.9 Å². The predicted octanol–water partition coefficient (Wildman–Crippen LogP) is 2.25. The monoisotopic (exact) mass is 246 g/mol. The van der Waals surface area contributed by atoms with Crippen molar-refractivity contribution in [1.29, 1.82) is 0 Å². The van der Waals surface area contributed by atoms with Crippen LogP contribution < -0.4 is 5.73 Å². The maximum atomic E-state index is 12.0. The fraction of sp³-hybridized carbons (Fsp3) is 0.533. The SMILES string of the molecule is Cc1ccc([C@H]2[C@H](C)CCCN2C(=O)CN)cc1. The molecule has 0 unspecified atom stereocenters. The van der Waals surface area contributed by atoms with Crippen LogP contribution in [0.3, 0.4) is 0 Å². The van der Waals surface area contributed by atoms with Crippen molar-refractivity contribution >= 4 is 5.91 Å². The van der Waals surface area contributed by atoms with Gasteiger partial charge >= 0.3 is 0 Å². The number of amides is 1. The van der Waals surface area contributed by atoms with Crippen LogP contribution >= 0.6 is 0 Å². The van der Waals surface area contributed by atoms with Crippen LogP contribution in [0.5, 0.6) is 0 Å². The fourth-order valence-corrected chi connectivity index (χ4v) is 2.86. The average molecular weight is 246 g/mol. The maximum absolute atomic E-state index is 12.0. The van der Waals surface area contributed by atoms with Crippen LogP contribution in [0.4, 0.5) is 0 Å². The molecule has 0 aromatic heterocycles. The summed E-state index contributed by atoms with van der Waals surface area (Å²) in [7, 11) is 0. The lowest BCUT2D eigenvalue weighted by atomic mass is 9.85. The molecule has 1 aliphatic rings. The molecular weight excluding hydrogens is 224 g/mol. The molecule has 1 amide bonds. The van der Waals surface area contributed by atoms with E-state index in [0.717, 1.165) is 13.0 Å². The van der Waals surface area contributed by atoms with Gasteiger partial charge in [-0.15, -0.1) is 0 Å². The second-order valence-electron chi connectivity index (χ2n) is 5.27. The van der Waals surface area contributed by atoms with E-state index in [0.29, 0.717) is 5.92 Å². The second kappa shape index (κ2) is 5.53. The van der Waals surface area contributed by atoms with E-state index < -0.39 is 0 Å². The number of likely N-dealkylation sites (tertiary alicyclic amines) is 1. The van der Waals surface area contributed by atoms with Gasteiger partial charge in [0.05, 0.1) is 12.6 Å². The van der Waals surface area contributed by atoms with Gasteiger partial charge in [0.15, 0.2) is 0 Å². The third-order valence-corrected chi connectivity index (χ3v) is 3.85. The third kappa shape index (κ3) is 2.56. The number of piperidine rings is 1. The van der Waals surface area contributed by atoms with Gasteiger partial charge in [-0.2, -0.15) is 0 Å². The molecule has 1 aromatic rings. The van der Waals surface area contributed by atoms with Crippen molar-refractivity contribution in [2.75, 3.05) is 13.1 Å². The zero-order valence-corrected chi connectivity index (χ0v) is 11.2. The Morgan fingerprint density at radius 3 is 2.67 bits per heavy atom. The fourth-order valence-electron chi connectivity index (χ4n) is 2.86. The molecule has 1 aromatic carbocycles. The predicted molar refractivity (Wildman–Crippen MR) is 73.1 cm³/mol. The van der Waals surface area contributed by atoms with Crippen LogP contribution in [0.25, 0.3) is 0 Å². The van der Waals surface area contributed by atoms with Crippen molar-refractivity contribution in [3.8, 4) is 0 Å². The largest absolute Gasteiger partial charge is 0.334 e. The van der Waals surface area contributed by atoms with Crippen LogP contribution in [0, 0.1) is 12.8 Å². The normalized spacial score (nSPS) is 24.1. The van der Waals surface area contributed by atoms with Crippen LogP contribution in [0.15, 0.2) is 24.3 Å². The van der Waals surface area contributed by atoms with Gasteiger partial charge in [-0.3, -0.25) is 4.79 Å². The molecule has 0 radical (unpaired) electrons. The molecule has 3 nitrogen and oxygen atoms in total. The van der Waals surface area contributed by atoms with E-state index in [9.17, 15) is 4.79 Å². The lowest BCUT2D eigenvalue weighted by Crippen LogP contribution is -2.44. The van der Waals surface area contributed by atoms with Gasteiger partial charge in [-0.05, 0) is 31.2 Å². The molecule has 18 heavy (non-hydrogen) atoms. The minimum atomic E-state index is 0.0622. The first kappa shape index (κ1) is 13.1.